The van der Waals surface area contributed by atoms with Gasteiger partial charge in [0, 0.05) is 7.97 Å². The summed E-state index contributed by atoms with van der Waals surface area (Å²) < 4.78 is 0. The minimum Gasteiger partial charge on any atom is -0.368 e. The van der Waals surface area contributed by atoms with E-state index in [1.165, 1.54) is 26.3 Å². The van der Waals surface area contributed by atoms with Crippen LogP contribution < -0.4 is 16.8 Å². The van der Waals surface area contributed by atoms with Crippen LogP contribution in [0.3, 0.4) is 0 Å². The Morgan fingerprint density at radius 1 is 0.635 bits per heavy atom. The maximum atomic E-state index is 11.2. The number of carbonyl (C=O) groups excluding carboxylic acids is 2. The van der Waals surface area contributed by atoms with Gasteiger partial charge in [0.15, 0.2) is 11.6 Å². The number of tetrazole rings is 2. The van der Waals surface area contributed by atoms with Crippen LogP contribution in [0.25, 0.3) is 0 Å². The minimum absolute atomic E-state index is 0. The summed E-state index contributed by atoms with van der Waals surface area (Å²) in [5.41, 5.74) is 13.6. The maximum Gasteiger partial charge on any atom is 0.241 e. The largest absolute Gasteiger partial charge is 0.368 e. The molecule has 0 bridgehead atoms. The predicted octanol–water partition coefficient (Wildman–Crippen LogP) is 3.72. The van der Waals surface area contributed by atoms with Gasteiger partial charge in [-0.3, -0.25) is 14.5 Å². The van der Waals surface area contributed by atoms with E-state index in [9.17, 15) is 9.59 Å². The van der Waals surface area contributed by atoms with Gasteiger partial charge in [-0.05, 0) is 79.0 Å². The van der Waals surface area contributed by atoms with E-state index in [-0.39, 0.29) is 47.6 Å². The van der Waals surface area contributed by atoms with E-state index in [0.29, 0.717) is 11.6 Å². The molecule has 5 aromatic rings. The number of likely N-dealkylation sites (tertiary alicyclic amines) is 1. The van der Waals surface area contributed by atoms with Crippen molar-refractivity contribution in [1.29, 1.82) is 0 Å². The minimum atomic E-state index is -0.476. The molecule has 4 heterocycles. The van der Waals surface area contributed by atoms with Crippen molar-refractivity contribution in [1.82, 2.24) is 50.6 Å². The number of carbonyl (C=O) groups is 2. The van der Waals surface area contributed by atoms with Gasteiger partial charge in [-0.15, -0.1) is 20.4 Å². The van der Waals surface area contributed by atoms with Gasteiger partial charge in [-0.25, -0.2) is 0 Å². The molecule has 0 atom stereocenters. The van der Waals surface area contributed by atoms with Crippen LogP contribution in [0.1, 0.15) is 77.7 Å². The van der Waals surface area contributed by atoms with Crippen LogP contribution >= 0.6 is 0 Å². The number of hydrogen-bond acceptors (Lipinski definition) is 10. The van der Waals surface area contributed by atoms with Gasteiger partial charge in [0.1, 0.15) is 13.1 Å². The third-order valence-corrected chi connectivity index (χ3v) is 9.42. The van der Waals surface area contributed by atoms with Crippen LogP contribution in [0, 0.1) is 0 Å². The molecule has 0 radical (unpaired) electrons. The van der Waals surface area contributed by atoms with E-state index in [1.807, 2.05) is 42.5 Å². The first-order valence-electron chi connectivity index (χ1n) is 16.6. The molecule has 2 saturated heterocycles. The van der Waals surface area contributed by atoms with Crippen molar-refractivity contribution in [3.63, 3.8) is 0 Å². The van der Waals surface area contributed by atoms with Gasteiger partial charge in [0.25, 0.3) is 0 Å². The van der Waals surface area contributed by atoms with Crippen LogP contribution in [-0.4, -0.2) is 83.3 Å². The lowest BCUT2D eigenvalue weighted by molar-refractivity contribution is -0.119. The fraction of sp³-hybridized carbons (Fsp3) is 0.421. The fourth-order valence-electron chi connectivity index (χ4n) is 6.87. The van der Waals surface area contributed by atoms with Crippen LogP contribution in [0.4, 0.5) is 0 Å². The molecule has 2 fully saturated rings. The van der Waals surface area contributed by atoms with Crippen molar-refractivity contribution in [3.05, 3.63) is 119 Å². The number of nitrogens with one attached hydrogen (secondary N) is 1. The molecule has 0 aliphatic carbocycles. The summed E-state index contributed by atoms with van der Waals surface area (Å²) in [5.74, 6) is 0.379. The average Bonchev–Trinajstić information content (AvgIpc) is 3.80. The predicted molar refractivity (Wildman–Crippen MR) is 204 cm³/mol. The molecule has 2 amide bonds. The fourth-order valence-corrected chi connectivity index (χ4v) is 6.87. The number of primary amides is 2. The van der Waals surface area contributed by atoms with E-state index in [1.54, 1.807) is 0 Å². The zero-order chi connectivity index (χ0) is 34.1. The van der Waals surface area contributed by atoms with Gasteiger partial charge in [0.05, 0.1) is 10.8 Å². The molecular weight excluding hydrogens is 656 g/mol. The molecule has 0 unspecified atom stereocenters. The molecule has 2 aromatic heterocycles. The summed E-state index contributed by atoms with van der Waals surface area (Å²) in [6.45, 7) is 4.52. The Bertz CT molecular complexity index is 1800. The molecule has 2 aliphatic rings. The summed E-state index contributed by atoms with van der Waals surface area (Å²) in [6.07, 6.45) is 3.59. The van der Waals surface area contributed by atoms with Crippen molar-refractivity contribution < 1.29 is 11.0 Å². The van der Waals surface area contributed by atoms with Crippen LogP contribution in [-0.2, 0) is 40.1 Å². The highest BCUT2D eigenvalue weighted by atomic mass is 16.1. The second-order valence-corrected chi connectivity index (χ2v) is 12.6. The molecule has 7 rings (SSSR count). The first-order valence-corrected chi connectivity index (χ1v) is 16.6. The molecule has 14 nitrogen and oxygen atoms in total. The topological polar surface area (TPSA) is 189 Å². The third kappa shape index (κ3) is 9.50. The number of nitrogens with zero attached hydrogens (tertiary/aromatic N) is 9. The van der Waals surface area contributed by atoms with Crippen molar-refractivity contribution in [3.8, 4) is 0 Å². The summed E-state index contributed by atoms with van der Waals surface area (Å²) >= 11 is 0. The highest BCUT2D eigenvalue weighted by Crippen LogP contribution is 2.40. The summed E-state index contributed by atoms with van der Waals surface area (Å²) in [7, 11) is 0. The average molecular weight is 713 g/mol. The molecule has 3 aromatic carbocycles. The molecular formula is C38H56N12O2. The first kappa shape index (κ1) is 41.1. The summed E-state index contributed by atoms with van der Waals surface area (Å²) in [4.78, 5) is 27.2. The number of amides is 2. The Balaban J connectivity index is 0.000000353. The molecule has 2 aliphatic heterocycles. The van der Waals surface area contributed by atoms with Gasteiger partial charge >= 0.3 is 0 Å². The Morgan fingerprint density at radius 3 is 1.46 bits per heavy atom. The Labute approximate surface area is 308 Å². The van der Waals surface area contributed by atoms with Gasteiger partial charge in [-0.2, -0.15) is 9.59 Å². The summed E-state index contributed by atoms with van der Waals surface area (Å²) in [6, 6.07) is 31.1. The van der Waals surface area contributed by atoms with Crippen molar-refractivity contribution >= 4 is 11.8 Å². The number of rotatable bonds is 10. The van der Waals surface area contributed by atoms with E-state index in [2.05, 4.69) is 89.6 Å². The number of hydrogen-bond donors (Lipinski definition) is 3. The second kappa shape index (κ2) is 18.8. The van der Waals surface area contributed by atoms with Gasteiger partial charge in [0.2, 0.25) is 11.8 Å². The van der Waals surface area contributed by atoms with Crippen LogP contribution in [0.5, 0.6) is 0 Å². The zero-order valence-corrected chi connectivity index (χ0v) is 27.4. The van der Waals surface area contributed by atoms with E-state index >= 15 is 0 Å². The van der Waals surface area contributed by atoms with Crippen LogP contribution in [0.15, 0.2) is 91.0 Å². The molecule has 280 valence electrons. The lowest BCUT2D eigenvalue weighted by Crippen LogP contribution is -2.43. The molecule has 0 spiro atoms. The first-order chi connectivity index (χ1) is 23.9. The normalized spacial score (nSPS) is 16.1. The van der Waals surface area contributed by atoms with Crippen molar-refractivity contribution in [2.24, 2.45) is 11.5 Å². The highest BCUT2D eigenvalue weighted by Gasteiger charge is 2.42. The Hall–Kier alpha value is -5.34. The molecule has 0 saturated carbocycles. The number of aromatic nitrogens is 8. The van der Waals surface area contributed by atoms with E-state index < -0.39 is 11.8 Å². The van der Waals surface area contributed by atoms with E-state index in [0.717, 1.165) is 58.4 Å². The number of benzene rings is 3. The zero-order valence-electron chi connectivity index (χ0n) is 27.4. The lowest BCUT2D eigenvalue weighted by atomic mass is 9.72. The van der Waals surface area contributed by atoms with Crippen molar-refractivity contribution in [2.75, 3.05) is 26.2 Å². The summed E-state index contributed by atoms with van der Waals surface area (Å²) in [5, 5.41) is 28.8. The lowest BCUT2D eigenvalue weighted by Gasteiger charge is -2.40. The molecule has 14 heteroatoms. The second-order valence-electron chi connectivity index (χ2n) is 12.6. The molecule has 52 heavy (non-hydrogen) atoms. The Morgan fingerprint density at radius 2 is 1.04 bits per heavy atom. The number of nitrogens with two attached hydrogens (primary N) is 2. The van der Waals surface area contributed by atoms with E-state index in [4.69, 9.17) is 11.5 Å². The standard InChI is InChI=1S/C21H24N6O.C14H18N6O.3CH4.H2/c22-19(28)16-27-24-20(23-25-27)21(18-9-5-2-6-10-18)11-13-26(14-12-21)15-17-7-3-1-4-8-17;15-12(21)10-20-18-13(17-19-20)14(6-8-16-9-7-14)11-4-2-1-3-5-11;;;;/h1-10H,11-16H2,(H2,22,28);1-5,16H,6-10H2,(H2,15,21);3*1H4;1H. The van der Waals surface area contributed by atoms with Gasteiger partial charge < -0.3 is 16.8 Å². The SMILES string of the molecule is C.C.C.NC(=O)Cn1nnc(C2(c3ccccc3)CCN(Cc3ccccc3)CC2)n1.NC(=O)Cn1nnc(C2(c3ccccc3)CCNCC2)n1.[HH]. The van der Waals surface area contributed by atoms with Crippen molar-refractivity contribution in [2.45, 2.75) is 78.4 Å². The van der Waals surface area contributed by atoms with Crippen LogP contribution in [0.2, 0.25) is 0 Å². The molecule has 5 N–H and O–H groups in total. The Kier molecular flexibility index (Phi) is 14.8. The maximum absolute atomic E-state index is 11.2. The highest BCUT2D eigenvalue weighted by molar-refractivity contribution is 5.73. The smallest absolute Gasteiger partial charge is 0.241 e. The number of piperidine rings is 2. The quantitative estimate of drug-likeness (QED) is 0.193. The third-order valence-electron chi connectivity index (χ3n) is 9.42. The van der Waals surface area contributed by atoms with Gasteiger partial charge in [-0.1, -0.05) is 113 Å². The monoisotopic (exact) mass is 712 g/mol.